The number of pyridine rings is 1. The second-order valence-corrected chi connectivity index (χ2v) is 4.38. The number of hydrogen-bond donors (Lipinski definition) is 1. The summed E-state index contributed by atoms with van der Waals surface area (Å²) in [5.41, 5.74) is 1.62. The lowest BCUT2D eigenvalue weighted by atomic mass is 10.1. The van der Waals surface area contributed by atoms with Crippen molar-refractivity contribution in [3.8, 4) is 0 Å². The normalized spacial score (nSPS) is 10.5. The standard InChI is InChI=1S/C14H11N5O2/c20-19(21)14-4-3-13(12-9-15-7-5-11(12)14)16-8-10-2-1-6-17-18-10/h1-7,9,16H,8H2. The van der Waals surface area contributed by atoms with E-state index >= 15 is 0 Å². The molecule has 0 aliphatic heterocycles. The SMILES string of the molecule is O=[N+]([O-])c1ccc(NCc2cccnn2)c2cnccc12. The maximum atomic E-state index is 11.1. The van der Waals surface area contributed by atoms with E-state index in [0.29, 0.717) is 17.3 Å². The fraction of sp³-hybridized carbons (Fsp3) is 0.0714. The number of nitro benzene ring substituents is 1. The van der Waals surface area contributed by atoms with Crippen LogP contribution in [0.25, 0.3) is 10.8 Å². The van der Waals surface area contributed by atoms with E-state index in [2.05, 4.69) is 20.5 Å². The summed E-state index contributed by atoms with van der Waals surface area (Å²) in [7, 11) is 0. The third-order valence-corrected chi connectivity index (χ3v) is 3.08. The maximum Gasteiger partial charge on any atom is 0.277 e. The van der Waals surface area contributed by atoms with Gasteiger partial charge in [-0.15, -0.1) is 0 Å². The highest BCUT2D eigenvalue weighted by Gasteiger charge is 2.14. The topological polar surface area (TPSA) is 93.8 Å². The van der Waals surface area contributed by atoms with Crippen molar-refractivity contribution in [1.82, 2.24) is 15.2 Å². The molecule has 0 spiro atoms. The van der Waals surface area contributed by atoms with Gasteiger partial charge in [0.1, 0.15) is 0 Å². The Kier molecular flexibility index (Phi) is 3.38. The molecule has 104 valence electrons. The van der Waals surface area contributed by atoms with Crippen LogP contribution in [0, 0.1) is 10.1 Å². The summed E-state index contributed by atoms with van der Waals surface area (Å²) in [6, 6.07) is 8.46. The van der Waals surface area contributed by atoms with Crippen molar-refractivity contribution in [2.75, 3.05) is 5.32 Å². The third kappa shape index (κ3) is 2.62. The molecule has 0 atom stereocenters. The Bertz CT molecular complexity index is 792. The van der Waals surface area contributed by atoms with Crippen molar-refractivity contribution >= 4 is 22.1 Å². The molecule has 3 aromatic rings. The van der Waals surface area contributed by atoms with Gasteiger partial charge >= 0.3 is 0 Å². The first-order chi connectivity index (χ1) is 10.3. The highest BCUT2D eigenvalue weighted by atomic mass is 16.6. The molecule has 2 heterocycles. The number of anilines is 1. The zero-order chi connectivity index (χ0) is 14.7. The van der Waals surface area contributed by atoms with Crippen molar-refractivity contribution in [3.05, 3.63) is 64.7 Å². The molecule has 0 saturated carbocycles. The predicted molar refractivity (Wildman–Crippen MR) is 77.8 cm³/mol. The fourth-order valence-electron chi connectivity index (χ4n) is 2.10. The molecule has 1 N–H and O–H groups in total. The summed E-state index contributed by atoms with van der Waals surface area (Å²) in [6.07, 6.45) is 4.76. The van der Waals surface area contributed by atoms with Crippen LogP contribution in [0.2, 0.25) is 0 Å². The minimum Gasteiger partial charge on any atom is -0.379 e. The Morgan fingerprint density at radius 2 is 2.05 bits per heavy atom. The van der Waals surface area contributed by atoms with Gasteiger partial charge in [0.15, 0.2) is 0 Å². The van der Waals surface area contributed by atoms with E-state index in [1.54, 1.807) is 36.8 Å². The summed E-state index contributed by atoms with van der Waals surface area (Å²) < 4.78 is 0. The second kappa shape index (κ2) is 5.49. The van der Waals surface area contributed by atoms with Crippen LogP contribution in [0.15, 0.2) is 48.9 Å². The van der Waals surface area contributed by atoms with E-state index < -0.39 is 4.92 Å². The van der Waals surface area contributed by atoms with Gasteiger partial charge in [0, 0.05) is 35.7 Å². The van der Waals surface area contributed by atoms with E-state index in [1.165, 1.54) is 6.07 Å². The van der Waals surface area contributed by atoms with Crippen molar-refractivity contribution in [2.24, 2.45) is 0 Å². The molecule has 1 aromatic carbocycles. The van der Waals surface area contributed by atoms with Crippen LogP contribution in [0.5, 0.6) is 0 Å². The van der Waals surface area contributed by atoms with Crippen LogP contribution in [0.4, 0.5) is 11.4 Å². The third-order valence-electron chi connectivity index (χ3n) is 3.08. The molecule has 0 radical (unpaired) electrons. The molecule has 0 aliphatic carbocycles. The lowest BCUT2D eigenvalue weighted by molar-refractivity contribution is -0.383. The van der Waals surface area contributed by atoms with Crippen LogP contribution < -0.4 is 5.32 Å². The number of nitrogens with zero attached hydrogens (tertiary/aromatic N) is 4. The zero-order valence-corrected chi connectivity index (χ0v) is 10.9. The van der Waals surface area contributed by atoms with Crippen LogP contribution in [-0.4, -0.2) is 20.1 Å². The summed E-state index contributed by atoms with van der Waals surface area (Å²) >= 11 is 0. The van der Waals surface area contributed by atoms with Gasteiger partial charge in [-0.05, 0) is 24.3 Å². The molecule has 21 heavy (non-hydrogen) atoms. The van der Waals surface area contributed by atoms with E-state index in [1.807, 2.05) is 6.07 Å². The zero-order valence-electron chi connectivity index (χ0n) is 10.9. The molecule has 7 nitrogen and oxygen atoms in total. The number of hydrogen-bond acceptors (Lipinski definition) is 6. The van der Waals surface area contributed by atoms with Gasteiger partial charge in [-0.3, -0.25) is 15.1 Å². The van der Waals surface area contributed by atoms with Crippen LogP contribution >= 0.6 is 0 Å². The average molecular weight is 281 g/mol. The molecule has 7 heteroatoms. The van der Waals surface area contributed by atoms with Crippen molar-refractivity contribution < 1.29 is 4.92 Å². The van der Waals surface area contributed by atoms with E-state index in [9.17, 15) is 10.1 Å². The second-order valence-electron chi connectivity index (χ2n) is 4.38. The monoisotopic (exact) mass is 281 g/mol. The lowest BCUT2D eigenvalue weighted by Gasteiger charge is -2.09. The summed E-state index contributed by atoms with van der Waals surface area (Å²) in [5.74, 6) is 0. The minimum absolute atomic E-state index is 0.0671. The predicted octanol–water partition coefficient (Wildman–Crippen LogP) is 2.55. The molecule has 0 bridgehead atoms. The van der Waals surface area contributed by atoms with Crippen molar-refractivity contribution in [1.29, 1.82) is 0 Å². The van der Waals surface area contributed by atoms with Crippen LogP contribution in [0.3, 0.4) is 0 Å². The molecule has 0 fully saturated rings. The average Bonchev–Trinajstić information content (AvgIpc) is 2.53. The number of fused-ring (bicyclic) bond motifs is 1. The van der Waals surface area contributed by atoms with Crippen LogP contribution in [0.1, 0.15) is 5.69 Å². The van der Waals surface area contributed by atoms with E-state index in [-0.39, 0.29) is 5.69 Å². The fourth-order valence-corrected chi connectivity index (χ4v) is 2.10. The number of nitro groups is 1. The number of aromatic nitrogens is 3. The van der Waals surface area contributed by atoms with Gasteiger partial charge in [-0.1, -0.05) is 0 Å². The highest BCUT2D eigenvalue weighted by Crippen LogP contribution is 2.30. The maximum absolute atomic E-state index is 11.1. The summed E-state index contributed by atoms with van der Waals surface area (Å²) in [5, 5.41) is 23.3. The Morgan fingerprint density at radius 1 is 1.14 bits per heavy atom. The Hall–Kier alpha value is -3.09. The quantitative estimate of drug-likeness (QED) is 0.583. The molecule has 2 aromatic heterocycles. The van der Waals surface area contributed by atoms with Gasteiger partial charge in [0.2, 0.25) is 0 Å². The lowest BCUT2D eigenvalue weighted by Crippen LogP contribution is -2.03. The first-order valence-electron chi connectivity index (χ1n) is 6.27. The molecule has 0 aliphatic rings. The molecular formula is C14H11N5O2. The Balaban J connectivity index is 1.96. The van der Waals surface area contributed by atoms with E-state index in [0.717, 1.165) is 11.4 Å². The summed E-state index contributed by atoms with van der Waals surface area (Å²) in [6.45, 7) is 0.482. The number of benzene rings is 1. The van der Waals surface area contributed by atoms with Crippen molar-refractivity contribution in [2.45, 2.75) is 6.54 Å². The number of rotatable bonds is 4. The first kappa shape index (κ1) is 12.9. The van der Waals surface area contributed by atoms with E-state index in [4.69, 9.17) is 0 Å². The Morgan fingerprint density at radius 3 is 2.81 bits per heavy atom. The molecular weight excluding hydrogens is 270 g/mol. The number of non-ortho nitro benzene ring substituents is 1. The molecule has 0 amide bonds. The van der Waals surface area contributed by atoms with Gasteiger partial charge in [-0.25, -0.2) is 0 Å². The van der Waals surface area contributed by atoms with Gasteiger partial charge in [0.25, 0.3) is 5.69 Å². The number of nitrogens with one attached hydrogen (secondary N) is 1. The smallest absolute Gasteiger partial charge is 0.277 e. The molecule has 3 rings (SSSR count). The van der Waals surface area contributed by atoms with Crippen molar-refractivity contribution in [3.63, 3.8) is 0 Å². The first-order valence-corrected chi connectivity index (χ1v) is 6.27. The highest BCUT2D eigenvalue weighted by molar-refractivity contribution is 5.99. The van der Waals surface area contributed by atoms with Gasteiger partial charge < -0.3 is 5.32 Å². The summed E-state index contributed by atoms with van der Waals surface area (Å²) in [4.78, 5) is 14.7. The largest absolute Gasteiger partial charge is 0.379 e. The van der Waals surface area contributed by atoms with Crippen LogP contribution in [-0.2, 0) is 6.54 Å². The minimum atomic E-state index is -0.394. The molecule has 0 unspecified atom stereocenters. The Labute approximate surface area is 119 Å². The van der Waals surface area contributed by atoms with Gasteiger partial charge in [0.05, 0.1) is 22.5 Å². The molecule has 0 saturated heterocycles. The van der Waals surface area contributed by atoms with Gasteiger partial charge in [-0.2, -0.15) is 10.2 Å².